The number of nitrogens with zero attached hydrogens (tertiary/aromatic N) is 5. The second-order valence-electron chi connectivity index (χ2n) is 9.28. The molecule has 0 radical (unpaired) electrons. The van der Waals surface area contributed by atoms with E-state index in [0.29, 0.717) is 30.9 Å². The fraction of sp³-hybridized carbons (Fsp3) is 0.357. The van der Waals surface area contributed by atoms with E-state index in [0.717, 1.165) is 27.3 Å². The summed E-state index contributed by atoms with van der Waals surface area (Å²) in [6.45, 7) is 2.86. The second-order valence-corrected chi connectivity index (χ2v) is 9.28. The van der Waals surface area contributed by atoms with Crippen molar-refractivity contribution in [3.05, 3.63) is 77.7 Å². The maximum atomic E-state index is 13.9. The first-order valence-corrected chi connectivity index (χ1v) is 12.7. The van der Waals surface area contributed by atoms with Crippen molar-refractivity contribution in [2.24, 2.45) is 0 Å². The summed E-state index contributed by atoms with van der Waals surface area (Å²) in [6, 6.07) is 16.1. The van der Waals surface area contributed by atoms with Gasteiger partial charge in [0.15, 0.2) is 0 Å². The number of aromatic nitrogens is 2. The molecule has 3 heterocycles. The minimum atomic E-state index is -2.74. The molecule has 2 amide bonds. The summed E-state index contributed by atoms with van der Waals surface area (Å²) in [5.41, 5.74) is 4.24. The van der Waals surface area contributed by atoms with Crippen molar-refractivity contribution < 1.29 is 23.1 Å². The molecule has 1 aromatic heterocycles. The largest absolute Gasteiger partial charge is 0.450 e. The lowest BCUT2D eigenvalue weighted by atomic mass is 10.0. The number of fused-ring (bicyclic) bond motifs is 1. The number of rotatable bonds is 5. The van der Waals surface area contributed by atoms with Crippen molar-refractivity contribution in [3.8, 4) is 11.1 Å². The number of hydrogen-bond acceptors (Lipinski definition) is 6. The van der Waals surface area contributed by atoms with E-state index in [9.17, 15) is 18.4 Å². The van der Waals surface area contributed by atoms with E-state index in [1.807, 2.05) is 54.6 Å². The molecular weight excluding hydrogens is 492 g/mol. The molecule has 0 N–H and O–H groups in total. The van der Waals surface area contributed by atoms with Gasteiger partial charge in [-0.25, -0.2) is 23.5 Å². The first-order valence-electron chi connectivity index (χ1n) is 12.7. The summed E-state index contributed by atoms with van der Waals surface area (Å²) in [6.07, 6.45) is -1.50. The maximum absolute atomic E-state index is 13.9. The molecule has 0 spiro atoms. The molecule has 0 bridgehead atoms. The number of piperazine rings is 1. The molecule has 2 aliphatic heterocycles. The number of anilines is 1. The lowest BCUT2D eigenvalue weighted by Gasteiger charge is -2.42. The summed E-state index contributed by atoms with van der Waals surface area (Å²) in [4.78, 5) is 39.0. The van der Waals surface area contributed by atoms with E-state index in [1.165, 1.54) is 6.33 Å². The first-order chi connectivity index (χ1) is 18.5. The number of hydrogen-bond donors (Lipinski definition) is 0. The Kier molecular flexibility index (Phi) is 7.48. The van der Waals surface area contributed by atoms with Crippen LogP contribution in [-0.2, 0) is 17.7 Å². The number of alkyl halides is 2. The molecule has 38 heavy (non-hydrogen) atoms. The number of amides is 2. The third kappa shape index (κ3) is 5.16. The Bertz CT molecular complexity index is 1290. The molecule has 0 saturated carbocycles. The van der Waals surface area contributed by atoms with E-state index in [1.54, 1.807) is 16.7 Å². The lowest BCUT2D eigenvalue weighted by Crippen LogP contribution is -2.58. The zero-order chi connectivity index (χ0) is 26.6. The molecule has 3 aromatic rings. The minimum Gasteiger partial charge on any atom is -0.450 e. The molecule has 8 nitrogen and oxygen atoms in total. The highest BCUT2D eigenvalue weighted by Gasteiger charge is 2.39. The van der Waals surface area contributed by atoms with Crippen molar-refractivity contribution >= 4 is 17.8 Å². The summed E-state index contributed by atoms with van der Waals surface area (Å²) in [5.74, 6) is 0.420. The molecule has 10 heteroatoms. The van der Waals surface area contributed by atoms with E-state index in [-0.39, 0.29) is 32.1 Å². The van der Waals surface area contributed by atoms with Gasteiger partial charge in [0, 0.05) is 43.7 Å². The number of carbonyl (C=O) groups is 2. The first kappa shape index (κ1) is 25.6. The van der Waals surface area contributed by atoms with Crippen LogP contribution in [0.3, 0.4) is 0 Å². The van der Waals surface area contributed by atoms with Crippen molar-refractivity contribution in [3.63, 3.8) is 0 Å². The van der Waals surface area contributed by atoms with Crippen LogP contribution in [0.2, 0.25) is 0 Å². The van der Waals surface area contributed by atoms with Crippen LogP contribution in [0.25, 0.3) is 11.1 Å². The van der Waals surface area contributed by atoms with Crippen molar-refractivity contribution in [1.82, 2.24) is 19.8 Å². The van der Waals surface area contributed by atoms with Crippen LogP contribution >= 0.6 is 0 Å². The van der Waals surface area contributed by atoms with E-state index in [2.05, 4.69) is 9.97 Å². The normalized spacial score (nSPS) is 17.4. The third-order valence-corrected chi connectivity index (χ3v) is 7.02. The predicted molar refractivity (Wildman–Crippen MR) is 138 cm³/mol. The average Bonchev–Trinajstić information content (AvgIpc) is 2.96. The number of ether oxygens (including phenoxy) is 1. The topological polar surface area (TPSA) is 78.9 Å². The minimum absolute atomic E-state index is 0.0863. The monoisotopic (exact) mass is 521 g/mol. The van der Waals surface area contributed by atoms with Crippen LogP contribution in [0.4, 0.5) is 19.4 Å². The number of halogens is 2. The third-order valence-electron chi connectivity index (χ3n) is 7.02. The van der Waals surface area contributed by atoms with Crippen LogP contribution in [0.1, 0.15) is 28.5 Å². The summed E-state index contributed by atoms with van der Waals surface area (Å²) >= 11 is 0. The van der Waals surface area contributed by atoms with Gasteiger partial charge in [0.25, 0.3) is 12.3 Å². The van der Waals surface area contributed by atoms with Gasteiger partial charge in [-0.3, -0.25) is 9.69 Å². The molecule has 1 saturated heterocycles. The zero-order valence-electron chi connectivity index (χ0n) is 21.1. The molecule has 1 unspecified atom stereocenters. The maximum Gasteiger partial charge on any atom is 0.410 e. The van der Waals surface area contributed by atoms with Crippen LogP contribution in [0.15, 0.2) is 60.9 Å². The molecule has 198 valence electrons. The van der Waals surface area contributed by atoms with Crippen LogP contribution in [-0.4, -0.2) is 77.0 Å². The Morgan fingerprint density at radius 1 is 1.00 bits per heavy atom. The van der Waals surface area contributed by atoms with Gasteiger partial charge in [-0.1, -0.05) is 42.5 Å². The van der Waals surface area contributed by atoms with Gasteiger partial charge in [-0.05, 0) is 30.2 Å². The summed E-state index contributed by atoms with van der Waals surface area (Å²) in [7, 11) is 0. The molecule has 1 atom stereocenters. The Hall–Kier alpha value is -4.08. The van der Waals surface area contributed by atoms with E-state index < -0.39 is 18.6 Å². The molecule has 5 rings (SSSR count). The van der Waals surface area contributed by atoms with Gasteiger partial charge >= 0.3 is 6.09 Å². The molecule has 2 aliphatic rings. The smallest absolute Gasteiger partial charge is 0.410 e. The second kappa shape index (κ2) is 11.1. The Balaban J connectivity index is 1.34. The van der Waals surface area contributed by atoms with Crippen LogP contribution < -0.4 is 4.90 Å². The fourth-order valence-electron chi connectivity index (χ4n) is 5.04. The SMILES string of the molecule is CCOC(=O)N1CCN(c2ncnc3c2CN(C(=O)c2ccc(-c4ccccc4)cc2)CC3)CC1C(F)F. The van der Waals surface area contributed by atoms with E-state index in [4.69, 9.17) is 4.74 Å². The number of benzene rings is 2. The Morgan fingerprint density at radius 3 is 2.45 bits per heavy atom. The van der Waals surface area contributed by atoms with Crippen LogP contribution in [0.5, 0.6) is 0 Å². The van der Waals surface area contributed by atoms with Gasteiger partial charge < -0.3 is 14.5 Å². The van der Waals surface area contributed by atoms with Gasteiger partial charge in [-0.15, -0.1) is 0 Å². The zero-order valence-corrected chi connectivity index (χ0v) is 21.1. The fourth-order valence-corrected chi connectivity index (χ4v) is 5.04. The van der Waals surface area contributed by atoms with Gasteiger partial charge in [-0.2, -0.15) is 0 Å². The number of carbonyl (C=O) groups excluding carboxylic acids is 2. The standard InChI is InChI=1S/C28H29F2N5O3/c1-2-38-28(37)35-15-14-33(17-24(35)25(29)30)26-22-16-34(13-12-23(22)31-18-32-26)27(36)21-10-8-20(9-11-21)19-6-4-3-5-7-19/h3-11,18,24-25H,2,12-17H2,1H3. The van der Waals surface area contributed by atoms with E-state index >= 15 is 0 Å². The summed E-state index contributed by atoms with van der Waals surface area (Å²) < 4.78 is 32.8. The van der Waals surface area contributed by atoms with Crippen molar-refractivity contribution in [1.29, 1.82) is 0 Å². The predicted octanol–water partition coefficient (Wildman–Crippen LogP) is 4.25. The highest BCUT2D eigenvalue weighted by molar-refractivity contribution is 5.95. The Labute approximate surface area is 219 Å². The summed E-state index contributed by atoms with van der Waals surface area (Å²) in [5, 5.41) is 0. The van der Waals surface area contributed by atoms with Crippen molar-refractivity contribution in [2.45, 2.75) is 32.4 Å². The Morgan fingerprint density at radius 2 is 1.74 bits per heavy atom. The van der Waals surface area contributed by atoms with Crippen molar-refractivity contribution in [2.75, 3.05) is 37.7 Å². The van der Waals surface area contributed by atoms with Crippen LogP contribution in [0, 0.1) is 0 Å². The highest BCUT2D eigenvalue weighted by atomic mass is 19.3. The molecule has 0 aliphatic carbocycles. The molecule has 2 aromatic carbocycles. The molecular formula is C28H29F2N5O3. The quantitative estimate of drug-likeness (QED) is 0.500. The average molecular weight is 522 g/mol. The van der Waals surface area contributed by atoms with Gasteiger partial charge in [0.1, 0.15) is 18.2 Å². The lowest BCUT2D eigenvalue weighted by molar-refractivity contribution is 0.0131. The highest BCUT2D eigenvalue weighted by Crippen LogP contribution is 2.30. The van der Waals surface area contributed by atoms with Gasteiger partial charge in [0.05, 0.1) is 18.8 Å². The molecule has 1 fully saturated rings. The van der Waals surface area contributed by atoms with Gasteiger partial charge in [0.2, 0.25) is 0 Å².